The number of rotatable bonds is 8. The van der Waals surface area contributed by atoms with Crippen LogP contribution in [0.15, 0.2) is 0 Å². The van der Waals surface area contributed by atoms with Crippen LogP contribution in [0.1, 0.15) is 104 Å². The Morgan fingerprint density at radius 2 is 1.67 bits per heavy atom. The van der Waals surface area contributed by atoms with E-state index < -0.39 is 24.4 Å². The number of nitrogens with one attached hydrogen (secondary N) is 1. The van der Waals surface area contributed by atoms with Crippen LogP contribution in [-0.4, -0.2) is 34.1 Å². The predicted molar refractivity (Wildman–Crippen MR) is 126 cm³/mol. The number of hydrogen-bond donors (Lipinski definition) is 3. The van der Waals surface area contributed by atoms with Crippen LogP contribution in [0.2, 0.25) is 0 Å². The van der Waals surface area contributed by atoms with Crippen molar-refractivity contribution in [2.45, 2.75) is 110 Å². The normalized spacial score (nSPS) is 40.7. The molecule has 0 bridgehead atoms. The minimum absolute atomic E-state index is 0.270. The van der Waals surface area contributed by atoms with Gasteiger partial charge in [0, 0.05) is 6.42 Å². The Kier molecular flexibility index (Phi) is 7.12. The summed E-state index contributed by atoms with van der Waals surface area (Å²) in [6.07, 6.45) is 15.3. The van der Waals surface area contributed by atoms with Crippen molar-refractivity contribution < 1.29 is 24.6 Å². The third kappa shape index (κ3) is 4.68. The number of carboxylic acid groups (broad SMARTS) is 2. The highest BCUT2D eigenvalue weighted by Gasteiger charge is 2.59. The molecule has 0 aromatic heterocycles. The van der Waals surface area contributed by atoms with Crippen molar-refractivity contribution in [1.29, 1.82) is 0 Å². The van der Waals surface area contributed by atoms with E-state index in [1.54, 1.807) is 0 Å². The Hall–Kier alpha value is -1.59. The van der Waals surface area contributed by atoms with Gasteiger partial charge in [0.2, 0.25) is 5.91 Å². The van der Waals surface area contributed by atoms with E-state index in [2.05, 4.69) is 19.2 Å². The lowest BCUT2D eigenvalue weighted by molar-refractivity contribution is -0.147. The lowest BCUT2D eigenvalue weighted by Crippen LogP contribution is -2.52. The van der Waals surface area contributed by atoms with Gasteiger partial charge in [-0.15, -0.1) is 0 Å². The second-order valence-electron chi connectivity index (χ2n) is 12.2. The molecule has 6 heteroatoms. The molecule has 0 radical (unpaired) electrons. The van der Waals surface area contributed by atoms with Crippen LogP contribution in [-0.2, 0) is 14.4 Å². The smallest absolute Gasteiger partial charge is 0.326 e. The SMILES string of the molecule is CC12CCCCC1CC[C@@H]1C2CCC2(C)C(CCCC(=O)N[C@@H](CC(=O)O)C(=O)O)CCC12. The van der Waals surface area contributed by atoms with Gasteiger partial charge in [0.05, 0.1) is 6.42 Å². The van der Waals surface area contributed by atoms with Gasteiger partial charge in [0.15, 0.2) is 0 Å². The average molecular weight is 462 g/mol. The Morgan fingerprint density at radius 3 is 2.39 bits per heavy atom. The van der Waals surface area contributed by atoms with Crippen LogP contribution < -0.4 is 5.32 Å². The number of carbonyl (C=O) groups is 3. The van der Waals surface area contributed by atoms with E-state index in [1.165, 1.54) is 64.2 Å². The summed E-state index contributed by atoms with van der Waals surface area (Å²) in [7, 11) is 0. The molecule has 4 saturated carbocycles. The zero-order valence-electron chi connectivity index (χ0n) is 20.5. The first kappa shape index (κ1) is 24.5. The van der Waals surface area contributed by atoms with Crippen LogP contribution in [0.25, 0.3) is 0 Å². The lowest BCUT2D eigenvalue weighted by Gasteiger charge is -2.60. The first-order valence-corrected chi connectivity index (χ1v) is 13.4. The van der Waals surface area contributed by atoms with Crippen LogP contribution in [0, 0.1) is 40.4 Å². The third-order valence-corrected chi connectivity index (χ3v) is 10.7. The monoisotopic (exact) mass is 461 g/mol. The van der Waals surface area contributed by atoms with Gasteiger partial charge in [0.1, 0.15) is 6.04 Å². The predicted octanol–water partition coefficient (Wildman–Crippen LogP) is 5.25. The summed E-state index contributed by atoms with van der Waals surface area (Å²) in [5.41, 5.74) is 0.942. The molecule has 4 aliphatic carbocycles. The Balaban J connectivity index is 1.32. The molecular weight excluding hydrogens is 418 g/mol. The fraction of sp³-hybridized carbons (Fsp3) is 0.889. The van der Waals surface area contributed by atoms with Gasteiger partial charge in [0.25, 0.3) is 0 Å². The van der Waals surface area contributed by atoms with Crippen molar-refractivity contribution in [3.8, 4) is 0 Å². The lowest BCUT2D eigenvalue weighted by atomic mass is 9.45. The summed E-state index contributed by atoms with van der Waals surface area (Å²) in [6.45, 7) is 5.14. The van der Waals surface area contributed by atoms with E-state index in [4.69, 9.17) is 10.2 Å². The molecule has 0 spiro atoms. The first-order valence-electron chi connectivity index (χ1n) is 13.4. The van der Waals surface area contributed by atoms with Gasteiger partial charge in [-0.25, -0.2) is 4.79 Å². The van der Waals surface area contributed by atoms with Crippen LogP contribution in [0.3, 0.4) is 0 Å². The summed E-state index contributed by atoms with van der Waals surface area (Å²) in [5, 5.41) is 20.4. The number of hydrogen-bond acceptors (Lipinski definition) is 3. The van der Waals surface area contributed by atoms with Crippen LogP contribution >= 0.6 is 0 Å². The minimum atomic E-state index is -1.35. The van der Waals surface area contributed by atoms with Crippen molar-refractivity contribution in [1.82, 2.24) is 5.32 Å². The van der Waals surface area contributed by atoms with Gasteiger partial charge < -0.3 is 15.5 Å². The largest absolute Gasteiger partial charge is 0.481 e. The van der Waals surface area contributed by atoms with E-state index in [-0.39, 0.29) is 12.3 Å². The first-order chi connectivity index (χ1) is 15.6. The highest BCUT2D eigenvalue weighted by Crippen LogP contribution is 2.67. The highest BCUT2D eigenvalue weighted by atomic mass is 16.4. The topological polar surface area (TPSA) is 104 Å². The highest BCUT2D eigenvalue weighted by molar-refractivity contribution is 5.86. The summed E-state index contributed by atoms with van der Waals surface area (Å²) in [4.78, 5) is 34.3. The number of aliphatic carboxylic acids is 2. The molecular formula is C27H43NO5. The fourth-order valence-electron chi connectivity index (χ4n) is 9.03. The van der Waals surface area contributed by atoms with Crippen molar-refractivity contribution >= 4 is 17.8 Å². The second-order valence-corrected chi connectivity index (χ2v) is 12.2. The molecule has 33 heavy (non-hydrogen) atoms. The van der Waals surface area contributed by atoms with E-state index in [0.29, 0.717) is 16.7 Å². The van der Waals surface area contributed by atoms with Crippen LogP contribution in [0.4, 0.5) is 0 Å². The van der Waals surface area contributed by atoms with Crippen molar-refractivity contribution in [2.75, 3.05) is 0 Å². The van der Waals surface area contributed by atoms with E-state index in [0.717, 1.165) is 36.5 Å². The Labute approximate surface area is 198 Å². The van der Waals surface area contributed by atoms with Crippen LogP contribution in [0.5, 0.6) is 0 Å². The molecule has 4 fully saturated rings. The molecule has 186 valence electrons. The summed E-state index contributed by atoms with van der Waals surface area (Å²) >= 11 is 0. The maximum Gasteiger partial charge on any atom is 0.326 e. The molecule has 0 aliphatic heterocycles. The quantitative estimate of drug-likeness (QED) is 0.458. The molecule has 4 rings (SSSR count). The van der Waals surface area contributed by atoms with Crippen molar-refractivity contribution in [3.05, 3.63) is 0 Å². The summed E-state index contributed by atoms with van der Waals surface area (Å²) in [5.74, 6) is 1.32. The maximum absolute atomic E-state index is 12.3. The Morgan fingerprint density at radius 1 is 0.909 bits per heavy atom. The molecule has 6 unspecified atom stereocenters. The standard InChI is InChI=1S/C27H43NO5/c1-26-14-4-3-6-17(26)9-11-19-20-12-10-18(27(20,2)15-13-21(19)26)7-5-8-23(29)28-22(25(32)33)16-24(30)31/h17-22H,3-16H2,1-2H3,(H,28,29)(H,30,31)(H,32,33)/t17?,18?,19-,20?,21?,22-,26?,27?/m0/s1. The fourth-order valence-corrected chi connectivity index (χ4v) is 9.03. The molecule has 3 N–H and O–H groups in total. The zero-order valence-corrected chi connectivity index (χ0v) is 20.5. The molecule has 4 aliphatic rings. The second kappa shape index (κ2) is 9.58. The molecule has 6 nitrogen and oxygen atoms in total. The van der Waals surface area contributed by atoms with E-state index in [9.17, 15) is 14.4 Å². The zero-order chi connectivity index (χ0) is 23.8. The number of fused-ring (bicyclic) bond motifs is 5. The third-order valence-electron chi connectivity index (χ3n) is 10.7. The number of amides is 1. The van der Waals surface area contributed by atoms with E-state index >= 15 is 0 Å². The van der Waals surface area contributed by atoms with E-state index in [1.807, 2.05) is 0 Å². The maximum atomic E-state index is 12.3. The number of carbonyl (C=O) groups excluding carboxylic acids is 1. The molecule has 0 aromatic carbocycles. The number of carboxylic acids is 2. The molecule has 0 aromatic rings. The Bertz CT molecular complexity index is 768. The van der Waals surface area contributed by atoms with Gasteiger partial charge in [-0.1, -0.05) is 26.7 Å². The van der Waals surface area contributed by atoms with Gasteiger partial charge in [-0.05, 0) is 105 Å². The van der Waals surface area contributed by atoms with Gasteiger partial charge in [-0.3, -0.25) is 9.59 Å². The van der Waals surface area contributed by atoms with Crippen molar-refractivity contribution in [3.63, 3.8) is 0 Å². The summed E-state index contributed by atoms with van der Waals surface area (Å²) in [6, 6.07) is -1.35. The van der Waals surface area contributed by atoms with Gasteiger partial charge >= 0.3 is 11.9 Å². The summed E-state index contributed by atoms with van der Waals surface area (Å²) < 4.78 is 0. The molecule has 1 amide bonds. The molecule has 0 saturated heterocycles. The average Bonchev–Trinajstić information content (AvgIpc) is 3.09. The minimum Gasteiger partial charge on any atom is -0.481 e. The van der Waals surface area contributed by atoms with Gasteiger partial charge in [-0.2, -0.15) is 0 Å². The molecule has 0 heterocycles. The molecule has 8 atom stereocenters. The van der Waals surface area contributed by atoms with Crippen molar-refractivity contribution in [2.24, 2.45) is 40.4 Å².